The zero-order valence-corrected chi connectivity index (χ0v) is 37.8. The van der Waals surface area contributed by atoms with E-state index in [9.17, 15) is 18.7 Å². The summed E-state index contributed by atoms with van der Waals surface area (Å²) in [5.74, 6) is -1.35. The Labute approximate surface area is 393 Å². The van der Waals surface area contributed by atoms with Crippen LogP contribution in [-0.4, -0.2) is 88.8 Å². The van der Waals surface area contributed by atoms with Gasteiger partial charge in [-0.1, -0.05) is 41.9 Å². The Hall–Kier alpha value is -6.86. The number of carbonyl (C=O) groups is 1. The van der Waals surface area contributed by atoms with Crippen LogP contribution in [-0.2, 0) is 30.5 Å². The number of aryl methyl sites for hydroxylation is 1. The minimum Gasteiger partial charge on any atom is -0.497 e. The molecule has 0 aliphatic carbocycles. The van der Waals surface area contributed by atoms with E-state index >= 15 is 13.2 Å². The molecule has 0 unspecified atom stereocenters. The zero-order valence-electron chi connectivity index (χ0n) is 37.1. The third kappa shape index (κ3) is 9.36. The number of hydrogen-bond donors (Lipinski definition) is 3. The van der Waals surface area contributed by atoms with Gasteiger partial charge in [0.15, 0.2) is 0 Å². The predicted octanol–water partition coefficient (Wildman–Crippen LogP) is 10.2. The standard InChI is InChI=1S/C48H46ClF5N8O6/c1-28-18-36(60(20-29-7-11-32(65-2)12-8-29)21-30-9-13-33(66-3)14-10-30)58-41(39(28)48(52,53)54)34-19-35-38-42(40(34)49)56-27-57-44(38)61(22-31-6-4-16-55-43(31)59-45(63)64)23-37(68-35)67-26-46-15-5-17-62(46)25-47(50,51)24-46/h4,6-14,16,18-19,23,56H,5,15,17,20-22,24-27H2,1-3H3,(H,55,59)(H,63,64)/t46-/m1/s1. The number of amidine groups is 1. The van der Waals surface area contributed by atoms with Crippen LogP contribution in [0.3, 0.4) is 0 Å². The highest BCUT2D eigenvalue weighted by atomic mass is 35.5. The van der Waals surface area contributed by atoms with Crippen LogP contribution >= 0.6 is 11.6 Å². The Morgan fingerprint density at radius 1 is 1.03 bits per heavy atom. The Kier molecular flexibility index (Phi) is 12.5. The number of pyridine rings is 2. The number of nitrogens with zero attached hydrogens (tertiary/aromatic N) is 6. The number of aromatic nitrogens is 2. The Bertz CT molecular complexity index is 2750. The number of methoxy groups -OCH3 is 2. The summed E-state index contributed by atoms with van der Waals surface area (Å²) in [7, 11) is 3.11. The Morgan fingerprint density at radius 2 is 1.72 bits per heavy atom. The molecule has 1 amide bonds. The van der Waals surface area contributed by atoms with Crippen molar-refractivity contribution in [2.45, 2.75) is 63.5 Å². The molecule has 0 radical (unpaired) electrons. The maximum Gasteiger partial charge on any atom is 0.418 e. The molecule has 2 aromatic heterocycles. The molecule has 0 spiro atoms. The highest BCUT2D eigenvalue weighted by Gasteiger charge is 2.57. The van der Waals surface area contributed by atoms with E-state index in [1.807, 2.05) is 29.2 Å². The molecule has 2 saturated heterocycles. The average Bonchev–Trinajstić information content (AvgIpc) is 3.74. The van der Waals surface area contributed by atoms with Crippen molar-refractivity contribution in [3.63, 3.8) is 0 Å². The number of aliphatic imine (C=N–C) groups is 1. The number of hydrogen-bond acceptors (Lipinski definition) is 12. The van der Waals surface area contributed by atoms with Crippen molar-refractivity contribution in [1.82, 2.24) is 19.8 Å². The van der Waals surface area contributed by atoms with E-state index in [0.717, 1.165) is 11.1 Å². The summed E-state index contributed by atoms with van der Waals surface area (Å²) in [6.07, 6.45) is -2.66. The Balaban J connectivity index is 1.17. The molecule has 2 fully saturated rings. The van der Waals surface area contributed by atoms with Crippen LogP contribution in [0, 0.1) is 6.92 Å². The second kappa shape index (κ2) is 18.3. The number of rotatable bonds is 14. The van der Waals surface area contributed by atoms with Crippen molar-refractivity contribution in [3.05, 3.63) is 130 Å². The fourth-order valence-electron chi connectivity index (χ4n) is 9.42. The number of carboxylic acid groups (broad SMARTS) is 1. The number of fused-ring (bicyclic) bond motifs is 1. The molecule has 356 valence electrons. The number of nitrogens with one attached hydrogen (secondary N) is 2. The lowest BCUT2D eigenvalue weighted by Crippen LogP contribution is -2.42. The molecule has 4 aliphatic heterocycles. The Morgan fingerprint density at radius 3 is 2.37 bits per heavy atom. The summed E-state index contributed by atoms with van der Waals surface area (Å²) in [5.41, 5.74) is -0.207. The van der Waals surface area contributed by atoms with Gasteiger partial charge in [0.25, 0.3) is 5.92 Å². The summed E-state index contributed by atoms with van der Waals surface area (Å²) in [5, 5.41) is 14.9. The van der Waals surface area contributed by atoms with Gasteiger partial charge in [0.1, 0.15) is 48.0 Å². The van der Waals surface area contributed by atoms with Gasteiger partial charge in [-0.25, -0.2) is 28.5 Å². The fourth-order valence-corrected chi connectivity index (χ4v) is 9.73. The van der Waals surface area contributed by atoms with Crippen LogP contribution in [0.25, 0.3) is 11.3 Å². The van der Waals surface area contributed by atoms with Crippen LogP contribution in [0.4, 0.5) is 44.1 Å². The van der Waals surface area contributed by atoms with Crippen molar-refractivity contribution in [1.29, 1.82) is 0 Å². The van der Waals surface area contributed by atoms with E-state index in [-0.39, 0.29) is 89.5 Å². The fraction of sp³-hybridized carbons (Fsp3) is 0.333. The van der Waals surface area contributed by atoms with Crippen molar-refractivity contribution in [2.75, 3.05) is 56.1 Å². The van der Waals surface area contributed by atoms with Gasteiger partial charge in [0, 0.05) is 36.8 Å². The number of alkyl halides is 5. The summed E-state index contributed by atoms with van der Waals surface area (Å²) in [4.78, 5) is 30.7. The van der Waals surface area contributed by atoms with Gasteiger partial charge in [-0.15, -0.1) is 0 Å². The number of benzene rings is 3. The molecular formula is C48H46ClF5N8O6. The molecule has 68 heavy (non-hydrogen) atoms. The summed E-state index contributed by atoms with van der Waals surface area (Å²) in [6, 6.07) is 20.7. The molecule has 3 aromatic carbocycles. The first-order chi connectivity index (χ1) is 32.5. The molecule has 6 heterocycles. The van der Waals surface area contributed by atoms with Crippen molar-refractivity contribution in [2.24, 2.45) is 4.99 Å². The molecule has 0 bridgehead atoms. The zero-order chi connectivity index (χ0) is 48.0. The summed E-state index contributed by atoms with van der Waals surface area (Å²) < 4.78 is 99.8. The minimum atomic E-state index is -4.90. The molecule has 20 heteroatoms. The maximum absolute atomic E-state index is 15.5. The average molecular weight is 961 g/mol. The summed E-state index contributed by atoms with van der Waals surface area (Å²) in [6.45, 7) is 1.58. The number of ether oxygens (including phenoxy) is 4. The van der Waals surface area contributed by atoms with Gasteiger partial charge >= 0.3 is 18.2 Å². The van der Waals surface area contributed by atoms with Crippen LogP contribution in [0.5, 0.6) is 17.2 Å². The van der Waals surface area contributed by atoms with E-state index in [4.69, 9.17) is 40.5 Å². The monoisotopic (exact) mass is 960 g/mol. The van der Waals surface area contributed by atoms with Gasteiger partial charge in [0.05, 0.1) is 66.6 Å². The van der Waals surface area contributed by atoms with E-state index in [1.54, 1.807) is 60.4 Å². The minimum absolute atomic E-state index is 0.0157. The third-order valence-corrected chi connectivity index (χ3v) is 12.9. The summed E-state index contributed by atoms with van der Waals surface area (Å²) >= 11 is 7.27. The topological polar surface area (TPSA) is 146 Å². The largest absolute Gasteiger partial charge is 0.497 e. The first-order valence-corrected chi connectivity index (χ1v) is 22.0. The highest BCUT2D eigenvalue weighted by Crippen LogP contribution is 2.50. The number of anilines is 3. The van der Waals surface area contributed by atoms with E-state index < -0.39 is 48.0 Å². The normalized spacial score (nSPS) is 18.3. The van der Waals surface area contributed by atoms with Crippen molar-refractivity contribution in [3.8, 4) is 28.5 Å². The lowest BCUT2D eigenvalue weighted by molar-refractivity contribution is -0.137. The SMILES string of the molecule is COc1ccc(CN(Cc2ccc(OC)cc2)c2cc(C)c(C(F)(F)F)c(-c3cc4c5c(c3Cl)NCN=C5N(Cc3cccnc3NC(=O)O)C=C(OC[C@]35CCCN3CC(F)(F)C5)O4)n2)cc1. The highest BCUT2D eigenvalue weighted by molar-refractivity contribution is 6.37. The van der Waals surface area contributed by atoms with Crippen LogP contribution in [0.2, 0.25) is 5.02 Å². The van der Waals surface area contributed by atoms with Crippen LogP contribution < -0.4 is 29.7 Å². The second-order valence-corrected chi connectivity index (χ2v) is 17.4. The first-order valence-electron chi connectivity index (χ1n) is 21.6. The number of amides is 1. The lowest BCUT2D eigenvalue weighted by Gasteiger charge is -2.31. The molecule has 4 aliphatic rings. The van der Waals surface area contributed by atoms with E-state index in [1.165, 1.54) is 31.5 Å². The van der Waals surface area contributed by atoms with Crippen molar-refractivity contribution >= 4 is 40.9 Å². The molecule has 0 saturated carbocycles. The lowest BCUT2D eigenvalue weighted by atomic mass is 9.94. The van der Waals surface area contributed by atoms with Gasteiger partial charge < -0.3 is 39.2 Å². The van der Waals surface area contributed by atoms with Crippen molar-refractivity contribution < 1.29 is 50.8 Å². The molecular weight excluding hydrogens is 915 g/mol. The molecule has 5 aromatic rings. The molecule has 9 rings (SSSR count). The second-order valence-electron chi connectivity index (χ2n) is 17.1. The van der Waals surface area contributed by atoms with Crippen LogP contribution in [0.15, 0.2) is 96.1 Å². The number of halogens is 6. The smallest absolute Gasteiger partial charge is 0.418 e. The van der Waals surface area contributed by atoms with Crippen LogP contribution in [0.1, 0.15) is 52.6 Å². The molecule has 14 nitrogen and oxygen atoms in total. The first kappa shape index (κ1) is 46.3. The van der Waals surface area contributed by atoms with Gasteiger partial charge in [-0.05, 0) is 85.5 Å². The van der Waals surface area contributed by atoms with E-state index in [2.05, 4.69) is 15.6 Å². The van der Waals surface area contributed by atoms with E-state index in [0.29, 0.717) is 36.4 Å². The van der Waals surface area contributed by atoms with Gasteiger partial charge in [0.2, 0.25) is 0 Å². The predicted molar refractivity (Wildman–Crippen MR) is 245 cm³/mol. The van der Waals surface area contributed by atoms with Gasteiger partial charge in [-0.2, -0.15) is 13.2 Å². The third-order valence-electron chi connectivity index (χ3n) is 12.5. The molecule has 1 atom stereocenters. The molecule has 3 N–H and O–H groups in total. The van der Waals surface area contributed by atoms with Gasteiger partial charge in [-0.3, -0.25) is 10.2 Å². The maximum atomic E-state index is 15.5. The quantitative estimate of drug-likeness (QED) is 0.0911.